The van der Waals surface area contributed by atoms with Crippen LogP contribution in [0.2, 0.25) is 0 Å². The maximum absolute atomic E-state index is 9.26. The molecule has 1 aromatic carbocycles. The molecular formula is C13H14BrNOS. The van der Waals surface area contributed by atoms with Crippen LogP contribution >= 0.6 is 27.3 Å². The molecule has 0 amide bonds. The summed E-state index contributed by atoms with van der Waals surface area (Å²) in [5, 5.41) is 12.3. The fourth-order valence-electron chi connectivity index (χ4n) is 1.64. The first-order valence-corrected chi connectivity index (χ1v) is 7.24. The van der Waals surface area contributed by atoms with E-state index in [1.807, 2.05) is 18.2 Å². The zero-order chi connectivity index (χ0) is 12.3. The summed E-state index contributed by atoms with van der Waals surface area (Å²) in [7, 11) is 0. The SMILES string of the molecule is CCC(CO)c1nc(-c2cccc(Br)c2)cs1. The summed E-state index contributed by atoms with van der Waals surface area (Å²) < 4.78 is 1.05. The van der Waals surface area contributed by atoms with Crippen molar-refractivity contribution in [2.75, 3.05) is 6.61 Å². The van der Waals surface area contributed by atoms with Crippen molar-refractivity contribution in [1.82, 2.24) is 4.98 Å². The van der Waals surface area contributed by atoms with Gasteiger partial charge in [-0.1, -0.05) is 35.0 Å². The van der Waals surface area contributed by atoms with Gasteiger partial charge in [0.25, 0.3) is 0 Å². The van der Waals surface area contributed by atoms with E-state index in [-0.39, 0.29) is 12.5 Å². The Balaban J connectivity index is 2.29. The van der Waals surface area contributed by atoms with Crippen LogP contribution in [-0.4, -0.2) is 16.7 Å². The molecule has 1 heterocycles. The largest absolute Gasteiger partial charge is 0.396 e. The third-order valence-electron chi connectivity index (χ3n) is 2.70. The Bertz CT molecular complexity index is 494. The Hall–Kier alpha value is -0.710. The summed E-state index contributed by atoms with van der Waals surface area (Å²) in [5.41, 5.74) is 2.09. The lowest BCUT2D eigenvalue weighted by Crippen LogP contribution is -2.01. The number of nitrogens with zero attached hydrogens (tertiary/aromatic N) is 1. The van der Waals surface area contributed by atoms with Crippen molar-refractivity contribution in [2.24, 2.45) is 0 Å². The van der Waals surface area contributed by atoms with E-state index < -0.39 is 0 Å². The molecule has 0 saturated heterocycles. The second kappa shape index (κ2) is 5.76. The summed E-state index contributed by atoms with van der Waals surface area (Å²) in [6, 6.07) is 8.10. The molecular weight excluding hydrogens is 298 g/mol. The lowest BCUT2D eigenvalue weighted by molar-refractivity contribution is 0.262. The second-order valence-electron chi connectivity index (χ2n) is 3.87. The number of hydrogen-bond acceptors (Lipinski definition) is 3. The number of hydrogen-bond donors (Lipinski definition) is 1. The minimum absolute atomic E-state index is 0.168. The van der Waals surface area contributed by atoms with Gasteiger partial charge in [0.1, 0.15) is 0 Å². The topological polar surface area (TPSA) is 33.1 Å². The van der Waals surface area contributed by atoms with Gasteiger partial charge < -0.3 is 5.11 Å². The molecule has 1 atom stereocenters. The molecule has 0 fully saturated rings. The molecule has 1 aromatic heterocycles. The maximum Gasteiger partial charge on any atom is 0.0986 e. The van der Waals surface area contributed by atoms with Gasteiger partial charge in [-0.25, -0.2) is 4.98 Å². The zero-order valence-corrected chi connectivity index (χ0v) is 12.0. The molecule has 0 bridgehead atoms. The first-order chi connectivity index (χ1) is 8.24. The van der Waals surface area contributed by atoms with Crippen molar-refractivity contribution < 1.29 is 5.11 Å². The normalized spacial score (nSPS) is 12.6. The highest BCUT2D eigenvalue weighted by Crippen LogP contribution is 2.29. The molecule has 0 spiro atoms. The van der Waals surface area contributed by atoms with Crippen LogP contribution in [0.5, 0.6) is 0 Å². The van der Waals surface area contributed by atoms with E-state index >= 15 is 0 Å². The summed E-state index contributed by atoms with van der Waals surface area (Å²) in [4.78, 5) is 4.60. The van der Waals surface area contributed by atoms with Gasteiger partial charge in [0.2, 0.25) is 0 Å². The van der Waals surface area contributed by atoms with E-state index in [1.54, 1.807) is 11.3 Å². The molecule has 1 unspecified atom stereocenters. The third kappa shape index (κ3) is 2.94. The van der Waals surface area contributed by atoms with Gasteiger partial charge >= 0.3 is 0 Å². The molecule has 0 aliphatic rings. The number of aliphatic hydroxyl groups excluding tert-OH is 1. The van der Waals surface area contributed by atoms with Crippen LogP contribution in [0.1, 0.15) is 24.3 Å². The van der Waals surface area contributed by atoms with Crippen LogP contribution in [-0.2, 0) is 0 Å². The lowest BCUT2D eigenvalue weighted by atomic mass is 10.1. The van der Waals surface area contributed by atoms with E-state index in [2.05, 4.69) is 39.3 Å². The van der Waals surface area contributed by atoms with Crippen LogP contribution in [0.15, 0.2) is 34.1 Å². The van der Waals surface area contributed by atoms with Crippen molar-refractivity contribution in [3.63, 3.8) is 0 Å². The van der Waals surface area contributed by atoms with Gasteiger partial charge in [-0.3, -0.25) is 0 Å². The first kappa shape index (κ1) is 12.7. The second-order valence-corrected chi connectivity index (χ2v) is 5.67. The number of halogens is 1. The third-order valence-corrected chi connectivity index (χ3v) is 4.21. The Morgan fingerprint density at radius 3 is 2.94 bits per heavy atom. The average molecular weight is 312 g/mol. The van der Waals surface area contributed by atoms with Gasteiger partial charge in [0.05, 0.1) is 17.3 Å². The van der Waals surface area contributed by atoms with Crippen LogP contribution < -0.4 is 0 Å². The van der Waals surface area contributed by atoms with Crippen molar-refractivity contribution in [3.8, 4) is 11.3 Å². The molecule has 2 aromatic rings. The molecule has 90 valence electrons. The molecule has 0 saturated carbocycles. The summed E-state index contributed by atoms with van der Waals surface area (Å²) >= 11 is 5.08. The Kier molecular flexibility index (Phi) is 4.31. The van der Waals surface area contributed by atoms with Gasteiger partial charge in [-0.15, -0.1) is 11.3 Å². The molecule has 0 radical (unpaired) electrons. The van der Waals surface area contributed by atoms with Crippen molar-refractivity contribution in [2.45, 2.75) is 19.3 Å². The van der Waals surface area contributed by atoms with Gasteiger partial charge in [0.15, 0.2) is 0 Å². The van der Waals surface area contributed by atoms with Crippen LogP contribution in [0.3, 0.4) is 0 Å². The average Bonchev–Trinajstić information content (AvgIpc) is 2.80. The Labute approximate surface area is 113 Å². The molecule has 2 nitrogen and oxygen atoms in total. The van der Waals surface area contributed by atoms with Crippen LogP contribution in [0.4, 0.5) is 0 Å². The quantitative estimate of drug-likeness (QED) is 0.923. The van der Waals surface area contributed by atoms with Crippen molar-refractivity contribution >= 4 is 27.3 Å². The van der Waals surface area contributed by atoms with E-state index in [9.17, 15) is 5.11 Å². The highest BCUT2D eigenvalue weighted by Gasteiger charge is 2.13. The predicted molar refractivity (Wildman–Crippen MR) is 75.4 cm³/mol. The molecule has 1 N–H and O–H groups in total. The van der Waals surface area contributed by atoms with Crippen LogP contribution in [0, 0.1) is 0 Å². The first-order valence-electron chi connectivity index (χ1n) is 5.56. The fourth-order valence-corrected chi connectivity index (χ4v) is 3.04. The highest BCUT2D eigenvalue weighted by molar-refractivity contribution is 9.10. The smallest absolute Gasteiger partial charge is 0.0986 e. The van der Waals surface area contributed by atoms with Gasteiger partial charge in [-0.2, -0.15) is 0 Å². The minimum atomic E-state index is 0.168. The van der Waals surface area contributed by atoms with E-state index in [0.717, 1.165) is 27.2 Å². The molecule has 4 heteroatoms. The number of rotatable bonds is 4. The maximum atomic E-state index is 9.26. The highest BCUT2D eigenvalue weighted by atomic mass is 79.9. The summed E-state index contributed by atoms with van der Waals surface area (Å²) in [6.07, 6.45) is 0.919. The minimum Gasteiger partial charge on any atom is -0.396 e. The standard InChI is InChI=1S/C13H14BrNOS/c1-2-9(7-16)13-15-12(8-17-13)10-4-3-5-11(14)6-10/h3-6,8-9,16H,2,7H2,1H3. The van der Waals surface area contributed by atoms with Gasteiger partial charge in [-0.05, 0) is 18.6 Å². The van der Waals surface area contributed by atoms with Crippen LogP contribution in [0.25, 0.3) is 11.3 Å². The number of aliphatic hydroxyl groups is 1. The number of aromatic nitrogens is 1. The van der Waals surface area contributed by atoms with Crippen molar-refractivity contribution in [1.29, 1.82) is 0 Å². The zero-order valence-electron chi connectivity index (χ0n) is 9.56. The fraction of sp³-hybridized carbons (Fsp3) is 0.308. The van der Waals surface area contributed by atoms with E-state index in [1.165, 1.54) is 0 Å². The molecule has 0 aliphatic carbocycles. The molecule has 17 heavy (non-hydrogen) atoms. The Morgan fingerprint density at radius 1 is 1.47 bits per heavy atom. The lowest BCUT2D eigenvalue weighted by Gasteiger charge is -2.06. The van der Waals surface area contributed by atoms with E-state index in [0.29, 0.717) is 0 Å². The van der Waals surface area contributed by atoms with Crippen molar-refractivity contribution in [3.05, 3.63) is 39.1 Å². The number of thiazole rings is 1. The Morgan fingerprint density at radius 2 is 2.29 bits per heavy atom. The molecule has 2 rings (SSSR count). The summed E-state index contributed by atoms with van der Waals surface area (Å²) in [6.45, 7) is 2.24. The van der Waals surface area contributed by atoms with Gasteiger partial charge in [0, 0.05) is 21.3 Å². The van der Waals surface area contributed by atoms with E-state index in [4.69, 9.17) is 0 Å². The predicted octanol–water partition coefficient (Wildman–Crippen LogP) is 4.06. The molecule has 0 aliphatic heterocycles. The monoisotopic (exact) mass is 311 g/mol. The number of benzene rings is 1. The summed E-state index contributed by atoms with van der Waals surface area (Å²) in [5.74, 6) is 0.168.